The average molecular weight is 239 g/mol. The lowest BCUT2D eigenvalue weighted by Gasteiger charge is -2.56. The zero-order valence-corrected chi connectivity index (χ0v) is 11.7. The van der Waals surface area contributed by atoms with Gasteiger partial charge in [-0.1, -0.05) is 27.4 Å². The highest BCUT2D eigenvalue weighted by Gasteiger charge is 2.48. The third-order valence-corrected chi connectivity index (χ3v) is 5.12. The molecule has 3 nitrogen and oxygen atoms in total. The van der Waals surface area contributed by atoms with Crippen molar-refractivity contribution in [2.45, 2.75) is 46.6 Å². The van der Waals surface area contributed by atoms with Crippen LogP contribution in [0.2, 0.25) is 0 Å². The zero-order chi connectivity index (χ0) is 13.4. The van der Waals surface area contributed by atoms with E-state index in [-0.39, 0.29) is 16.5 Å². The summed E-state index contributed by atoms with van der Waals surface area (Å²) in [6, 6.07) is 0. The van der Waals surface area contributed by atoms with Crippen LogP contribution in [-0.2, 0) is 4.79 Å². The van der Waals surface area contributed by atoms with Crippen LogP contribution in [0.4, 0.5) is 0 Å². The highest BCUT2D eigenvalue weighted by atomic mass is 16.4. The number of nitrogens with zero attached hydrogens (tertiary/aromatic N) is 1. The summed E-state index contributed by atoms with van der Waals surface area (Å²) in [4.78, 5) is 13.1. The first-order valence-corrected chi connectivity index (χ1v) is 6.27. The molecule has 1 fully saturated rings. The molecule has 98 valence electrons. The van der Waals surface area contributed by atoms with Crippen LogP contribution in [0.3, 0.4) is 0 Å². The van der Waals surface area contributed by atoms with Gasteiger partial charge in [-0.05, 0) is 38.1 Å². The first-order chi connectivity index (χ1) is 7.60. The summed E-state index contributed by atoms with van der Waals surface area (Å²) >= 11 is 0. The number of aliphatic carboxylic acids is 1. The van der Waals surface area contributed by atoms with Gasteiger partial charge in [-0.15, -0.1) is 0 Å². The first kappa shape index (κ1) is 14.2. The first-order valence-electron chi connectivity index (χ1n) is 6.27. The molecule has 0 aromatic carbocycles. The van der Waals surface area contributed by atoms with Crippen LogP contribution < -0.4 is 0 Å². The van der Waals surface area contributed by atoms with E-state index in [1.807, 2.05) is 0 Å². The molecular formula is C14H25NO2. The summed E-state index contributed by atoms with van der Waals surface area (Å²) in [6.07, 6.45) is 1.11. The van der Waals surface area contributed by atoms with Gasteiger partial charge in [0.1, 0.15) is 0 Å². The summed E-state index contributed by atoms with van der Waals surface area (Å²) < 4.78 is 0. The molecular weight excluding hydrogens is 214 g/mol. The van der Waals surface area contributed by atoms with Crippen LogP contribution in [0.1, 0.15) is 41.0 Å². The van der Waals surface area contributed by atoms with Crippen molar-refractivity contribution < 1.29 is 9.90 Å². The maximum absolute atomic E-state index is 10.9. The SMILES string of the molecule is C=C(CN1CCC(C)C(C)(C)C1(C)C)C(=O)O. The van der Waals surface area contributed by atoms with Gasteiger partial charge in [0.25, 0.3) is 0 Å². The Labute approximate surface area is 105 Å². The van der Waals surface area contributed by atoms with E-state index in [0.29, 0.717) is 12.5 Å². The Bertz CT molecular complexity index is 331. The van der Waals surface area contributed by atoms with Gasteiger partial charge in [0.05, 0.1) is 0 Å². The van der Waals surface area contributed by atoms with E-state index < -0.39 is 5.97 Å². The van der Waals surface area contributed by atoms with Gasteiger partial charge in [-0.2, -0.15) is 0 Å². The molecule has 1 saturated heterocycles. The Balaban J connectivity index is 2.88. The minimum atomic E-state index is -0.891. The molecule has 1 rings (SSSR count). The Morgan fingerprint density at radius 2 is 1.94 bits per heavy atom. The van der Waals surface area contributed by atoms with Crippen LogP contribution in [0.25, 0.3) is 0 Å². The fourth-order valence-corrected chi connectivity index (χ4v) is 2.58. The molecule has 17 heavy (non-hydrogen) atoms. The minimum Gasteiger partial charge on any atom is -0.478 e. The van der Waals surface area contributed by atoms with E-state index in [4.69, 9.17) is 5.11 Å². The van der Waals surface area contributed by atoms with Gasteiger partial charge in [0.2, 0.25) is 0 Å². The molecule has 0 aromatic heterocycles. The molecule has 1 aliphatic rings. The van der Waals surface area contributed by atoms with Gasteiger partial charge in [-0.25, -0.2) is 4.79 Å². The molecule has 1 N–H and O–H groups in total. The standard InChI is InChI=1S/C14H25NO2/c1-10(12(16)17)9-15-8-7-11(2)13(3,4)14(15,5)6/h11H,1,7-9H2,2-6H3,(H,16,17). The van der Waals surface area contributed by atoms with E-state index in [1.165, 1.54) is 0 Å². The predicted octanol–water partition coefficient (Wildman–Crippen LogP) is 2.77. The molecule has 1 aliphatic heterocycles. The quantitative estimate of drug-likeness (QED) is 0.770. The molecule has 0 spiro atoms. The second kappa shape index (κ2) is 4.45. The number of carbonyl (C=O) groups is 1. The number of hydrogen-bond donors (Lipinski definition) is 1. The van der Waals surface area contributed by atoms with Crippen LogP contribution in [0.5, 0.6) is 0 Å². The van der Waals surface area contributed by atoms with E-state index in [9.17, 15) is 4.79 Å². The second-order valence-corrected chi connectivity index (χ2v) is 6.30. The third-order valence-electron chi connectivity index (χ3n) is 5.12. The number of rotatable bonds is 3. The minimum absolute atomic E-state index is 0.0109. The Hall–Kier alpha value is -0.830. The summed E-state index contributed by atoms with van der Waals surface area (Å²) in [5.41, 5.74) is 0.441. The van der Waals surface area contributed by atoms with Crippen LogP contribution in [0, 0.1) is 11.3 Å². The highest BCUT2D eigenvalue weighted by molar-refractivity contribution is 5.86. The number of likely N-dealkylation sites (tertiary alicyclic amines) is 1. The Morgan fingerprint density at radius 3 is 2.41 bits per heavy atom. The second-order valence-electron chi connectivity index (χ2n) is 6.30. The van der Waals surface area contributed by atoms with E-state index in [1.54, 1.807) is 0 Å². The molecule has 0 bridgehead atoms. The smallest absolute Gasteiger partial charge is 0.332 e. The van der Waals surface area contributed by atoms with Crippen LogP contribution in [-0.4, -0.2) is 34.6 Å². The summed E-state index contributed by atoms with van der Waals surface area (Å²) in [7, 11) is 0. The van der Waals surface area contributed by atoms with Gasteiger partial charge in [0.15, 0.2) is 0 Å². The van der Waals surface area contributed by atoms with Gasteiger partial charge in [-0.3, -0.25) is 4.90 Å². The molecule has 3 heteroatoms. The normalized spacial score (nSPS) is 27.7. The summed E-state index contributed by atoms with van der Waals surface area (Å²) in [5.74, 6) is -0.246. The predicted molar refractivity (Wildman–Crippen MR) is 70.0 cm³/mol. The number of carboxylic acids is 1. The monoisotopic (exact) mass is 239 g/mol. The number of carboxylic acid groups (broad SMARTS) is 1. The van der Waals surface area contributed by atoms with Crippen molar-refractivity contribution in [3.63, 3.8) is 0 Å². The van der Waals surface area contributed by atoms with E-state index in [0.717, 1.165) is 13.0 Å². The lowest BCUT2D eigenvalue weighted by Crippen LogP contribution is -2.61. The van der Waals surface area contributed by atoms with Gasteiger partial charge in [0, 0.05) is 17.7 Å². The van der Waals surface area contributed by atoms with Gasteiger partial charge >= 0.3 is 5.97 Å². The molecule has 0 saturated carbocycles. The molecule has 0 aromatic rings. The van der Waals surface area contributed by atoms with Crippen molar-refractivity contribution in [3.05, 3.63) is 12.2 Å². The number of hydrogen-bond acceptors (Lipinski definition) is 2. The molecule has 1 unspecified atom stereocenters. The van der Waals surface area contributed by atoms with Crippen LogP contribution >= 0.6 is 0 Å². The van der Waals surface area contributed by atoms with Crippen LogP contribution in [0.15, 0.2) is 12.2 Å². The summed E-state index contributed by atoms with van der Waals surface area (Å²) in [6.45, 7) is 16.3. The maximum atomic E-state index is 10.9. The fourth-order valence-electron chi connectivity index (χ4n) is 2.58. The van der Waals surface area contributed by atoms with Gasteiger partial charge < -0.3 is 5.11 Å². The average Bonchev–Trinajstić information content (AvgIpc) is 2.20. The van der Waals surface area contributed by atoms with Crippen molar-refractivity contribution in [1.29, 1.82) is 0 Å². The summed E-state index contributed by atoms with van der Waals surface area (Å²) in [5, 5.41) is 8.94. The highest BCUT2D eigenvalue weighted by Crippen LogP contribution is 2.46. The largest absolute Gasteiger partial charge is 0.478 e. The Kier molecular flexibility index (Phi) is 3.72. The van der Waals surface area contributed by atoms with Crippen molar-refractivity contribution in [2.75, 3.05) is 13.1 Å². The van der Waals surface area contributed by atoms with E-state index in [2.05, 4.69) is 46.1 Å². The van der Waals surface area contributed by atoms with Crippen molar-refractivity contribution in [2.24, 2.45) is 11.3 Å². The van der Waals surface area contributed by atoms with Crippen molar-refractivity contribution >= 4 is 5.97 Å². The molecule has 1 heterocycles. The third kappa shape index (κ3) is 2.39. The van der Waals surface area contributed by atoms with Crippen molar-refractivity contribution in [1.82, 2.24) is 4.90 Å². The maximum Gasteiger partial charge on any atom is 0.332 e. The topological polar surface area (TPSA) is 40.5 Å². The molecule has 0 radical (unpaired) electrons. The van der Waals surface area contributed by atoms with Crippen molar-refractivity contribution in [3.8, 4) is 0 Å². The Morgan fingerprint density at radius 1 is 1.41 bits per heavy atom. The number of piperidine rings is 1. The molecule has 0 amide bonds. The molecule has 1 atom stereocenters. The zero-order valence-electron chi connectivity index (χ0n) is 11.7. The van der Waals surface area contributed by atoms with E-state index >= 15 is 0 Å². The fraction of sp³-hybridized carbons (Fsp3) is 0.786. The molecule has 0 aliphatic carbocycles. The lowest BCUT2D eigenvalue weighted by molar-refractivity contribution is -0.133. The lowest BCUT2D eigenvalue weighted by atomic mass is 9.62.